The third-order valence-electron chi connectivity index (χ3n) is 10.2. The van der Waals surface area contributed by atoms with Gasteiger partial charge in [-0.2, -0.15) is 22.8 Å². The molecule has 0 bridgehead atoms. The molecule has 2 aromatic heterocycles. The summed E-state index contributed by atoms with van der Waals surface area (Å²) < 4.78 is 83.2. The zero-order valence-corrected chi connectivity index (χ0v) is 29.4. The topological polar surface area (TPSA) is 70.1 Å². The number of para-hydroxylation sites is 4. The summed E-state index contributed by atoms with van der Waals surface area (Å²) in [5.41, 5.74) is -2.11. The minimum Gasteiger partial charge on any atom is -0.456 e. The fraction of sp³-hybridized carbons (Fsp3) is 0.0435. The smallest absolute Gasteiger partial charge is 0.390 e. The molecule has 7 nitrogen and oxygen atoms in total. The Hall–Kier alpha value is -7.60. The summed E-state index contributed by atoms with van der Waals surface area (Å²) >= 11 is 0. The summed E-state index contributed by atoms with van der Waals surface area (Å²) in [5, 5.41) is 14.1. The van der Waals surface area contributed by atoms with Gasteiger partial charge in [0, 0.05) is 56.4 Å². The molecule has 10 rings (SSSR count). The summed E-state index contributed by atoms with van der Waals surface area (Å²) in [6, 6.07) is 42.9. The van der Waals surface area contributed by atoms with Gasteiger partial charge in [-0.15, -0.1) is 0 Å². The van der Waals surface area contributed by atoms with E-state index in [1.165, 1.54) is 9.80 Å². The number of ether oxygens (including phenoxy) is 1. The van der Waals surface area contributed by atoms with Gasteiger partial charge in [-0.1, -0.05) is 72.8 Å². The third-order valence-corrected chi connectivity index (χ3v) is 10.2. The molecule has 0 saturated carbocycles. The van der Waals surface area contributed by atoms with Crippen LogP contribution in [0.2, 0.25) is 0 Å². The number of nitrogens with zero attached hydrogens (tertiary/aromatic N) is 4. The fourth-order valence-electron chi connectivity index (χ4n) is 7.87. The van der Waals surface area contributed by atoms with Crippen LogP contribution in [0.25, 0.3) is 48.7 Å². The molecule has 0 radical (unpaired) electrons. The molecule has 7 aromatic carbocycles. The Balaban J connectivity index is 1.31. The van der Waals surface area contributed by atoms with Gasteiger partial charge in [0.25, 0.3) is 0 Å². The number of halogens is 4. The molecule has 274 valence electrons. The molecule has 9 aromatic rings. The number of benzene rings is 7. The number of anilines is 6. The quantitative estimate of drug-likeness (QED) is 0.124. The van der Waals surface area contributed by atoms with Crippen LogP contribution >= 0.6 is 0 Å². The number of furan rings is 2. The van der Waals surface area contributed by atoms with Crippen LogP contribution in [0.3, 0.4) is 0 Å². The lowest BCUT2D eigenvalue weighted by Gasteiger charge is -2.33. The molecule has 3 heterocycles. The molecule has 0 N–H and O–H groups in total. The van der Waals surface area contributed by atoms with Crippen molar-refractivity contribution < 1.29 is 31.1 Å². The van der Waals surface area contributed by atoms with Crippen molar-refractivity contribution in [2.24, 2.45) is 0 Å². The Morgan fingerprint density at radius 3 is 1.40 bits per heavy atom. The van der Waals surface area contributed by atoms with E-state index in [4.69, 9.17) is 15.4 Å². The summed E-state index contributed by atoms with van der Waals surface area (Å²) in [4.78, 5) is 6.24. The van der Waals surface area contributed by atoms with Gasteiger partial charge in [0.05, 0.1) is 40.7 Å². The van der Waals surface area contributed by atoms with Gasteiger partial charge < -0.3 is 18.6 Å². The van der Waals surface area contributed by atoms with Crippen molar-refractivity contribution in [3.63, 3.8) is 0 Å². The van der Waals surface area contributed by atoms with E-state index in [1.54, 1.807) is 109 Å². The summed E-state index contributed by atoms with van der Waals surface area (Å²) in [7, 11) is 0. The van der Waals surface area contributed by atoms with Crippen LogP contribution in [-0.2, 0) is 17.0 Å². The highest BCUT2D eigenvalue weighted by Gasteiger charge is 2.62. The Kier molecular flexibility index (Phi) is 7.42. The molecule has 0 atom stereocenters. The molecule has 57 heavy (non-hydrogen) atoms. The predicted octanol–water partition coefficient (Wildman–Crippen LogP) is 14.0. The molecule has 11 heteroatoms. The van der Waals surface area contributed by atoms with Crippen LogP contribution in [0.1, 0.15) is 16.7 Å². The van der Waals surface area contributed by atoms with E-state index >= 15 is 17.6 Å². The van der Waals surface area contributed by atoms with E-state index in [-0.39, 0.29) is 22.7 Å². The number of fused-ring (bicyclic) bond motifs is 7. The van der Waals surface area contributed by atoms with Crippen LogP contribution in [0.4, 0.5) is 57.4 Å². The second-order valence-electron chi connectivity index (χ2n) is 13.4. The average Bonchev–Trinajstić information content (AvgIpc) is 3.84. The molecule has 0 amide bonds. The van der Waals surface area contributed by atoms with Crippen LogP contribution in [0.5, 0.6) is 0 Å². The van der Waals surface area contributed by atoms with Crippen LogP contribution in [0, 0.1) is 17.9 Å². The van der Waals surface area contributed by atoms with Crippen molar-refractivity contribution in [2.75, 3.05) is 9.80 Å². The van der Waals surface area contributed by atoms with Crippen LogP contribution in [0.15, 0.2) is 154 Å². The van der Waals surface area contributed by atoms with Crippen LogP contribution < -0.4 is 9.80 Å². The van der Waals surface area contributed by atoms with Gasteiger partial charge in [0.2, 0.25) is 5.69 Å². The second-order valence-corrected chi connectivity index (χ2v) is 13.4. The average molecular weight is 757 g/mol. The maximum atomic E-state index is 16.6. The van der Waals surface area contributed by atoms with Crippen molar-refractivity contribution >= 4 is 83.7 Å². The van der Waals surface area contributed by atoms with Crippen LogP contribution in [-0.4, -0.2) is 0 Å². The lowest BCUT2D eigenvalue weighted by atomic mass is 9.93. The van der Waals surface area contributed by atoms with E-state index in [2.05, 4.69) is 9.58 Å². The molecule has 1 aliphatic rings. The molecular weight excluding hydrogens is 733 g/mol. The Bertz CT molecular complexity index is 2950. The summed E-state index contributed by atoms with van der Waals surface area (Å²) in [5.74, 6) is 0. The first kappa shape index (κ1) is 33.9. The maximum absolute atomic E-state index is 16.6. The Morgan fingerprint density at radius 2 is 0.930 bits per heavy atom. The number of hydrogen-bond acceptors (Lipinski definition) is 6. The number of nitriles is 1. The molecule has 1 aliphatic heterocycles. The standard InChI is InChI=1S/C46H24F4N4O3/c1-52-42-35(26-51)43(53(27-12-4-2-5-13-27)29-20-22-33-31-16-8-10-18-36(31)55-38(33)24-29)40-41(46(49,50)57-45(40,47)48)44(42)54(28-14-6-3-7-15-28)30-21-23-34-32-17-9-11-19-37(32)56-39(34)25-30/h2-25H. The van der Waals surface area contributed by atoms with Gasteiger partial charge in [-0.3, -0.25) is 0 Å². The highest BCUT2D eigenvalue weighted by atomic mass is 19.3. The maximum Gasteiger partial charge on any atom is 0.390 e. The van der Waals surface area contributed by atoms with Crippen molar-refractivity contribution in [1.29, 1.82) is 5.26 Å². The van der Waals surface area contributed by atoms with Crippen molar-refractivity contribution in [3.05, 3.63) is 174 Å². The number of rotatable bonds is 6. The fourth-order valence-corrected chi connectivity index (χ4v) is 7.87. The third kappa shape index (κ3) is 5.14. The summed E-state index contributed by atoms with van der Waals surface area (Å²) in [6.45, 7) is 8.48. The van der Waals surface area contributed by atoms with E-state index in [1.807, 2.05) is 42.5 Å². The first-order chi connectivity index (χ1) is 27.7. The SMILES string of the molecule is [C-]#[N+]c1c(C#N)c(N(c2ccccc2)c2ccc3c(c2)oc2ccccc23)c2c(c1N(c1ccccc1)c1ccc3c(c1)oc1ccccc13)C(F)(F)OC2(F)F. The summed E-state index contributed by atoms with van der Waals surface area (Å²) in [6.07, 6.45) is -9.28. The van der Waals surface area contributed by atoms with Gasteiger partial charge in [-0.05, 0) is 60.7 Å². The minimum absolute atomic E-state index is 0.205. The molecule has 0 aliphatic carbocycles. The lowest BCUT2D eigenvalue weighted by molar-refractivity contribution is -0.369. The van der Waals surface area contributed by atoms with Gasteiger partial charge >= 0.3 is 12.2 Å². The molecule has 0 unspecified atom stereocenters. The van der Waals surface area contributed by atoms with E-state index in [0.717, 1.165) is 21.5 Å². The minimum atomic E-state index is -4.64. The monoisotopic (exact) mass is 756 g/mol. The van der Waals surface area contributed by atoms with Crippen molar-refractivity contribution in [2.45, 2.75) is 12.2 Å². The lowest BCUT2D eigenvalue weighted by Crippen LogP contribution is -2.21. The Morgan fingerprint density at radius 1 is 0.509 bits per heavy atom. The largest absolute Gasteiger partial charge is 0.456 e. The molecule has 0 fully saturated rings. The van der Waals surface area contributed by atoms with Crippen molar-refractivity contribution in [1.82, 2.24) is 0 Å². The second kappa shape index (κ2) is 12.5. The highest BCUT2D eigenvalue weighted by molar-refractivity contribution is 6.08. The molecule has 0 saturated heterocycles. The molecular formula is C46H24F4N4O3. The molecule has 0 spiro atoms. The number of alkyl halides is 4. The first-order valence-corrected chi connectivity index (χ1v) is 17.7. The normalized spacial score (nSPS) is 14.1. The number of hydrogen-bond donors (Lipinski definition) is 0. The predicted molar refractivity (Wildman–Crippen MR) is 210 cm³/mol. The zero-order valence-electron chi connectivity index (χ0n) is 29.4. The van der Waals surface area contributed by atoms with Gasteiger partial charge in [0.1, 0.15) is 22.3 Å². The first-order valence-electron chi connectivity index (χ1n) is 17.7. The van der Waals surface area contributed by atoms with E-state index in [0.29, 0.717) is 22.3 Å². The highest BCUT2D eigenvalue weighted by Crippen LogP contribution is 2.64. The van der Waals surface area contributed by atoms with E-state index < -0.39 is 46.0 Å². The van der Waals surface area contributed by atoms with Gasteiger partial charge in [0.15, 0.2) is 0 Å². The van der Waals surface area contributed by atoms with E-state index in [9.17, 15) is 5.26 Å². The van der Waals surface area contributed by atoms with Gasteiger partial charge in [-0.25, -0.2) is 9.58 Å². The zero-order chi connectivity index (χ0) is 39.1. The van der Waals surface area contributed by atoms with Crippen molar-refractivity contribution in [3.8, 4) is 6.07 Å². The Labute approximate surface area is 321 Å².